The van der Waals surface area contributed by atoms with Crippen LogP contribution in [0, 0.1) is 5.92 Å². The van der Waals surface area contributed by atoms with Gasteiger partial charge in [-0.15, -0.1) is 0 Å². The number of pyridine rings is 1. The van der Waals surface area contributed by atoms with Crippen LogP contribution in [-0.4, -0.2) is 58.4 Å². The summed E-state index contributed by atoms with van der Waals surface area (Å²) in [5, 5.41) is 11.0. The van der Waals surface area contributed by atoms with Gasteiger partial charge in [-0.25, -0.2) is 0 Å². The molecule has 0 saturated carbocycles. The van der Waals surface area contributed by atoms with Gasteiger partial charge in [0.25, 0.3) is 0 Å². The highest BCUT2D eigenvalue weighted by molar-refractivity contribution is 7.80. The van der Waals surface area contributed by atoms with Crippen molar-refractivity contribution in [1.82, 2.24) is 20.5 Å². The molecule has 5 heterocycles. The number of hydrogen-bond donors (Lipinski definition) is 4. The Hall–Kier alpha value is -2.84. The summed E-state index contributed by atoms with van der Waals surface area (Å²) >= 11 is 5.58. The van der Waals surface area contributed by atoms with E-state index in [2.05, 4.69) is 62.5 Å². The second-order valence-corrected chi connectivity index (χ2v) is 10.2. The SMILES string of the molecule is Nc1ccncc1NC(=S)NCC[N+]12CCC(CC1)C21c2ccccc2CCN2C=CNC21. The molecule has 4 aliphatic rings. The lowest BCUT2D eigenvalue weighted by molar-refractivity contribution is -0.964. The third kappa shape index (κ3) is 3.04. The van der Waals surface area contributed by atoms with E-state index in [1.54, 1.807) is 24.0 Å². The Labute approximate surface area is 200 Å². The number of piperidine rings is 1. The van der Waals surface area contributed by atoms with Crippen molar-refractivity contribution < 1.29 is 4.48 Å². The van der Waals surface area contributed by atoms with E-state index >= 15 is 0 Å². The number of aromatic nitrogens is 1. The number of anilines is 2. The number of nitrogen functional groups attached to an aromatic ring is 1. The fourth-order valence-electron chi connectivity index (χ4n) is 7.21. The van der Waals surface area contributed by atoms with Crippen molar-refractivity contribution in [3.63, 3.8) is 0 Å². The lowest BCUT2D eigenvalue weighted by Crippen LogP contribution is -2.68. The molecular weight excluding hydrogens is 430 g/mol. The van der Waals surface area contributed by atoms with Crippen molar-refractivity contribution in [2.24, 2.45) is 5.92 Å². The molecule has 1 aromatic carbocycles. The molecule has 4 aliphatic heterocycles. The molecule has 2 saturated heterocycles. The molecule has 2 fully saturated rings. The van der Waals surface area contributed by atoms with E-state index in [1.807, 2.05) is 0 Å². The number of rotatable bonds is 4. The predicted octanol–water partition coefficient (Wildman–Crippen LogP) is 2.34. The third-order valence-corrected chi connectivity index (χ3v) is 8.75. The summed E-state index contributed by atoms with van der Waals surface area (Å²) in [5.74, 6) is 0.692. The average molecular weight is 463 g/mol. The van der Waals surface area contributed by atoms with Crippen LogP contribution in [0.2, 0.25) is 0 Å². The lowest BCUT2D eigenvalue weighted by Gasteiger charge is -2.51. The molecule has 2 unspecified atom stereocenters. The van der Waals surface area contributed by atoms with Crippen molar-refractivity contribution in [3.8, 4) is 0 Å². The van der Waals surface area contributed by atoms with E-state index in [4.69, 9.17) is 18.0 Å². The fraction of sp³-hybridized carbons (Fsp3) is 0.440. The van der Waals surface area contributed by atoms with Gasteiger partial charge in [-0.05, 0) is 30.3 Å². The maximum atomic E-state index is 6.04. The average Bonchev–Trinajstić information content (AvgIpc) is 3.47. The molecule has 0 amide bonds. The number of thiocarbonyl (C=S) groups is 1. The molecule has 1 spiro atoms. The lowest BCUT2D eigenvalue weighted by atomic mass is 9.75. The third-order valence-electron chi connectivity index (χ3n) is 8.50. The zero-order valence-electron chi connectivity index (χ0n) is 18.8. The van der Waals surface area contributed by atoms with Gasteiger partial charge in [0, 0.05) is 49.5 Å². The van der Waals surface area contributed by atoms with Gasteiger partial charge >= 0.3 is 0 Å². The molecular formula is C25H32N7S+. The Morgan fingerprint density at radius 3 is 2.97 bits per heavy atom. The zero-order valence-corrected chi connectivity index (χ0v) is 19.7. The number of quaternary nitrogens is 1. The topological polar surface area (TPSA) is 78.2 Å². The number of hydrogen-bond acceptors (Lipinski definition) is 5. The van der Waals surface area contributed by atoms with Crippen molar-refractivity contribution in [2.45, 2.75) is 31.0 Å². The van der Waals surface area contributed by atoms with E-state index in [1.165, 1.54) is 31.5 Å². The summed E-state index contributed by atoms with van der Waals surface area (Å²) in [6.07, 6.45) is 11.8. The number of nitrogens with one attached hydrogen (secondary N) is 3. The maximum absolute atomic E-state index is 6.04. The monoisotopic (exact) mass is 462 g/mol. The predicted molar refractivity (Wildman–Crippen MR) is 135 cm³/mol. The number of benzene rings is 1. The van der Waals surface area contributed by atoms with Crippen LogP contribution in [0.4, 0.5) is 11.4 Å². The van der Waals surface area contributed by atoms with Gasteiger partial charge in [-0.3, -0.25) is 4.98 Å². The van der Waals surface area contributed by atoms with E-state index in [9.17, 15) is 0 Å². The van der Waals surface area contributed by atoms with Gasteiger partial charge in [-0.2, -0.15) is 0 Å². The zero-order chi connectivity index (χ0) is 22.5. The van der Waals surface area contributed by atoms with Gasteiger partial charge in [0.15, 0.2) is 16.8 Å². The quantitative estimate of drug-likeness (QED) is 0.410. The molecule has 2 aromatic rings. The molecule has 8 heteroatoms. The van der Waals surface area contributed by atoms with E-state index in [-0.39, 0.29) is 5.54 Å². The number of fused-ring (bicyclic) bond motifs is 2. The summed E-state index contributed by atoms with van der Waals surface area (Å²) in [4.78, 5) is 6.70. The standard InChI is InChI=1S/C25H31N7S/c26-21-5-9-27-17-22(21)30-24(33)29-11-16-32-14-7-19(8-15-32)25(32)20-4-2-1-3-18(20)6-12-31-13-10-28-23(25)31/h1-5,9-10,13,17,19,23,28H,6-8,11-12,14-16H2,(H3-,26,27,29,30,33)/p+1. The van der Waals surface area contributed by atoms with Crippen LogP contribution in [0.1, 0.15) is 24.0 Å². The first kappa shape index (κ1) is 20.7. The molecule has 6 rings (SSSR count). The Morgan fingerprint density at radius 1 is 1.27 bits per heavy atom. The minimum absolute atomic E-state index is 0.0705. The van der Waals surface area contributed by atoms with Gasteiger partial charge in [0.1, 0.15) is 0 Å². The van der Waals surface area contributed by atoms with Crippen molar-refractivity contribution in [1.29, 1.82) is 0 Å². The van der Waals surface area contributed by atoms with Crippen LogP contribution in [0.25, 0.3) is 0 Å². The summed E-state index contributed by atoms with van der Waals surface area (Å²) in [5.41, 5.74) is 10.6. The molecule has 2 atom stereocenters. The molecule has 0 aliphatic carbocycles. The van der Waals surface area contributed by atoms with Crippen molar-refractivity contribution in [3.05, 3.63) is 66.3 Å². The smallest absolute Gasteiger partial charge is 0.171 e. The summed E-state index contributed by atoms with van der Waals surface area (Å²) in [7, 11) is 0. The molecule has 33 heavy (non-hydrogen) atoms. The minimum atomic E-state index is 0.0705. The van der Waals surface area contributed by atoms with Gasteiger partial charge in [0.05, 0.1) is 43.8 Å². The fourth-order valence-corrected chi connectivity index (χ4v) is 7.42. The molecule has 0 radical (unpaired) electrons. The summed E-state index contributed by atoms with van der Waals surface area (Å²) in [6.45, 7) is 5.38. The second-order valence-electron chi connectivity index (χ2n) is 9.79. The Bertz CT molecular complexity index is 1090. The van der Waals surface area contributed by atoms with Crippen molar-refractivity contribution >= 4 is 28.7 Å². The highest BCUT2D eigenvalue weighted by Gasteiger charge is 2.71. The highest BCUT2D eigenvalue weighted by Crippen LogP contribution is 2.60. The van der Waals surface area contributed by atoms with E-state index in [0.717, 1.165) is 36.2 Å². The summed E-state index contributed by atoms with van der Waals surface area (Å²) < 4.78 is 1.12. The minimum Gasteiger partial charge on any atom is -0.397 e. The molecule has 5 N–H and O–H groups in total. The summed E-state index contributed by atoms with van der Waals surface area (Å²) in [6, 6.07) is 11.0. The first-order valence-electron chi connectivity index (χ1n) is 12.0. The molecule has 1 aromatic heterocycles. The van der Waals surface area contributed by atoms with Gasteiger partial charge in [-0.1, -0.05) is 24.3 Å². The Kier molecular flexibility index (Phi) is 4.96. The highest BCUT2D eigenvalue weighted by atomic mass is 32.1. The first-order valence-corrected chi connectivity index (χ1v) is 12.4. The number of nitrogens with zero attached hydrogens (tertiary/aromatic N) is 3. The normalized spacial score (nSPS) is 31.1. The van der Waals surface area contributed by atoms with E-state index in [0.29, 0.717) is 22.9 Å². The number of nitrogens with two attached hydrogens (primary N) is 1. The Balaban J connectivity index is 1.27. The van der Waals surface area contributed by atoms with Crippen LogP contribution in [0.5, 0.6) is 0 Å². The van der Waals surface area contributed by atoms with Crippen LogP contribution in [0.3, 0.4) is 0 Å². The van der Waals surface area contributed by atoms with Gasteiger partial charge < -0.3 is 31.1 Å². The molecule has 7 nitrogen and oxygen atoms in total. The Morgan fingerprint density at radius 2 is 2.12 bits per heavy atom. The van der Waals surface area contributed by atoms with Crippen molar-refractivity contribution in [2.75, 3.05) is 43.8 Å². The van der Waals surface area contributed by atoms with Gasteiger partial charge in [0.2, 0.25) is 0 Å². The van der Waals surface area contributed by atoms with E-state index < -0.39 is 0 Å². The molecule has 172 valence electrons. The van der Waals surface area contributed by atoms with Crippen LogP contribution in [0.15, 0.2) is 55.1 Å². The molecule has 2 bridgehead atoms. The van der Waals surface area contributed by atoms with Crippen LogP contribution >= 0.6 is 12.2 Å². The second kappa shape index (κ2) is 7.88. The van der Waals surface area contributed by atoms with Crippen LogP contribution < -0.4 is 21.7 Å². The first-order chi connectivity index (χ1) is 16.1. The maximum Gasteiger partial charge on any atom is 0.171 e. The largest absolute Gasteiger partial charge is 0.397 e. The van der Waals surface area contributed by atoms with Crippen LogP contribution in [-0.2, 0) is 12.0 Å².